The van der Waals surface area contributed by atoms with Gasteiger partial charge in [-0.05, 0) is 51.4 Å². The molecule has 0 saturated heterocycles. The van der Waals surface area contributed by atoms with Crippen LogP contribution in [-0.2, 0) is 14.3 Å². The highest BCUT2D eigenvalue weighted by atomic mass is 16.6. The lowest BCUT2D eigenvalue weighted by molar-refractivity contribution is -0.154. The molecule has 0 aromatic heterocycles. The standard InChI is InChI=1S/C41H70O4/c1-3-5-7-9-11-13-15-17-19-20-21-22-23-24-26-28-30-32-34-36-41(43)45-40(38-42)39-44-37-35-33-31-29-27-25-18-16-14-12-10-8-6-4-2/h5,7,11,13,17,19,21-22,24,26,30,32,40,42H,3-4,6,8-10,12,14-16,18,20,23,25,27-29,31,33-39H2,1-2H3/b7-5+,13-11+,19-17+,22-21+,26-24+,32-30+. The lowest BCUT2D eigenvalue weighted by Crippen LogP contribution is -2.27. The molecule has 1 N–H and O–H groups in total. The molecule has 45 heavy (non-hydrogen) atoms. The van der Waals surface area contributed by atoms with Crippen LogP contribution < -0.4 is 0 Å². The molecule has 0 spiro atoms. The van der Waals surface area contributed by atoms with Gasteiger partial charge >= 0.3 is 5.97 Å². The summed E-state index contributed by atoms with van der Waals surface area (Å²) in [5, 5.41) is 9.54. The van der Waals surface area contributed by atoms with Crippen molar-refractivity contribution in [2.24, 2.45) is 0 Å². The van der Waals surface area contributed by atoms with Gasteiger partial charge in [-0.25, -0.2) is 0 Å². The Morgan fingerprint density at radius 2 is 0.956 bits per heavy atom. The van der Waals surface area contributed by atoms with E-state index in [4.69, 9.17) is 9.47 Å². The summed E-state index contributed by atoms with van der Waals surface area (Å²) < 4.78 is 11.0. The number of aliphatic hydroxyl groups excluding tert-OH is 1. The zero-order valence-electron chi connectivity index (χ0n) is 29.4. The smallest absolute Gasteiger partial charge is 0.306 e. The van der Waals surface area contributed by atoms with Gasteiger partial charge in [0, 0.05) is 13.0 Å². The minimum Gasteiger partial charge on any atom is -0.457 e. The van der Waals surface area contributed by atoms with Gasteiger partial charge in [0.05, 0.1) is 13.2 Å². The number of allylic oxidation sites excluding steroid dienone is 12. The number of unbranched alkanes of at least 4 members (excludes halogenated alkanes) is 13. The van der Waals surface area contributed by atoms with E-state index < -0.39 is 6.10 Å². The summed E-state index contributed by atoms with van der Waals surface area (Å²) in [7, 11) is 0. The molecule has 0 saturated carbocycles. The lowest BCUT2D eigenvalue weighted by atomic mass is 10.0. The highest BCUT2D eigenvalue weighted by Crippen LogP contribution is 2.13. The number of carbonyl (C=O) groups is 1. The van der Waals surface area contributed by atoms with Gasteiger partial charge < -0.3 is 14.6 Å². The molecule has 0 aliphatic rings. The Morgan fingerprint density at radius 3 is 1.38 bits per heavy atom. The highest BCUT2D eigenvalue weighted by Gasteiger charge is 2.13. The summed E-state index contributed by atoms with van der Waals surface area (Å²) in [5.74, 6) is -0.284. The molecule has 0 aliphatic heterocycles. The highest BCUT2D eigenvalue weighted by molar-refractivity contribution is 5.69. The first-order valence-electron chi connectivity index (χ1n) is 18.5. The van der Waals surface area contributed by atoms with Crippen molar-refractivity contribution in [2.75, 3.05) is 19.8 Å². The van der Waals surface area contributed by atoms with Gasteiger partial charge in [0.25, 0.3) is 0 Å². The third-order valence-electron chi connectivity index (χ3n) is 7.56. The van der Waals surface area contributed by atoms with Crippen LogP contribution in [0.3, 0.4) is 0 Å². The molecule has 0 heterocycles. The average Bonchev–Trinajstić information content (AvgIpc) is 3.05. The summed E-state index contributed by atoms with van der Waals surface area (Å²) in [4.78, 5) is 12.1. The molecule has 4 heteroatoms. The van der Waals surface area contributed by atoms with Crippen molar-refractivity contribution in [2.45, 2.75) is 161 Å². The number of ether oxygens (including phenoxy) is 2. The van der Waals surface area contributed by atoms with Crippen LogP contribution in [0, 0.1) is 0 Å². The van der Waals surface area contributed by atoms with Gasteiger partial charge in [-0.1, -0.05) is 170 Å². The predicted octanol–water partition coefficient (Wildman–Crippen LogP) is 11.9. The van der Waals surface area contributed by atoms with Crippen LogP contribution in [0.25, 0.3) is 0 Å². The van der Waals surface area contributed by atoms with Crippen molar-refractivity contribution in [3.63, 3.8) is 0 Å². The van der Waals surface area contributed by atoms with Crippen molar-refractivity contribution >= 4 is 5.97 Å². The number of carbonyl (C=O) groups excluding carboxylic acids is 1. The quantitative estimate of drug-likeness (QED) is 0.0447. The van der Waals surface area contributed by atoms with Gasteiger partial charge in [0.15, 0.2) is 0 Å². The van der Waals surface area contributed by atoms with Crippen molar-refractivity contribution < 1.29 is 19.4 Å². The molecule has 0 radical (unpaired) electrons. The predicted molar refractivity (Wildman–Crippen MR) is 196 cm³/mol. The zero-order chi connectivity index (χ0) is 32.7. The number of rotatable bonds is 33. The fourth-order valence-electron chi connectivity index (χ4n) is 4.82. The van der Waals surface area contributed by atoms with Crippen LogP contribution in [0.1, 0.15) is 155 Å². The fourth-order valence-corrected chi connectivity index (χ4v) is 4.82. The van der Waals surface area contributed by atoms with Crippen LogP contribution in [0.4, 0.5) is 0 Å². The number of hydrogen-bond donors (Lipinski definition) is 1. The topological polar surface area (TPSA) is 55.8 Å². The van der Waals surface area contributed by atoms with Crippen molar-refractivity contribution in [3.05, 3.63) is 72.9 Å². The molecule has 1 unspecified atom stereocenters. The number of hydrogen-bond acceptors (Lipinski definition) is 4. The number of aliphatic hydroxyl groups is 1. The van der Waals surface area contributed by atoms with E-state index in [1.54, 1.807) is 0 Å². The monoisotopic (exact) mass is 627 g/mol. The fraction of sp³-hybridized carbons (Fsp3) is 0.683. The van der Waals surface area contributed by atoms with Crippen LogP contribution in [0.2, 0.25) is 0 Å². The average molecular weight is 627 g/mol. The molecule has 0 rings (SSSR count). The molecule has 0 amide bonds. The summed E-state index contributed by atoms with van der Waals surface area (Å²) in [6.45, 7) is 5.15. The summed E-state index contributed by atoms with van der Waals surface area (Å²) >= 11 is 0. The van der Waals surface area contributed by atoms with Gasteiger partial charge in [-0.15, -0.1) is 0 Å². The van der Waals surface area contributed by atoms with E-state index in [1.165, 1.54) is 83.5 Å². The van der Waals surface area contributed by atoms with Crippen LogP contribution in [0.15, 0.2) is 72.9 Å². The van der Waals surface area contributed by atoms with Crippen LogP contribution in [-0.4, -0.2) is 37.0 Å². The maximum absolute atomic E-state index is 12.1. The van der Waals surface area contributed by atoms with Crippen molar-refractivity contribution in [3.8, 4) is 0 Å². The normalized spacial score (nSPS) is 13.2. The Bertz CT molecular complexity index is 789. The Kier molecular flexibility index (Phi) is 36.2. The SMILES string of the molecule is CC/C=C/C/C=C/C/C=C/C/C=C/C/C=C/C/C=C/CCC(=O)OC(CO)COCCCCCCCCCCCCCCCC. The third-order valence-corrected chi connectivity index (χ3v) is 7.56. The first-order valence-corrected chi connectivity index (χ1v) is 18.5. The molecule has 4 nitrogen and oxygen atoms in total. The largest absolute Gasteiger partial charge is 0.457 e. The van der Waals surface area contributed by atoms with Crippen LogP contribution in [0.5, 0.6) is 0 Å². The third kappa shape index (κ3) is 36.2. The van der Waals surface area contributed by atoms with Gasteiger partial charge in [-0.3, -0.25) is 4.79 Å². The number of esters is 1. The van der Waals surface area contributed by atoms with Gasteiger partial charge in [-0.2, -0.15) is 0 Å². The maximum Gasteiger partial charge on any atom is 0.306 e. The zero-order valence-corrected chi connectivity index (χ0v) is 29.4. The minimum atomic E-state index is -0.575. The van der Waals surface area contributed by atoms with E-state index in [-0.39, 0.29) is 19.2 Å². The maximum atomic E-state index is 12.1. The Hall–Kier alpha value is -2.17. The summed E-state index contributed by atoms with van der Waals surface area (Å²) in [6.07, 6.45) is 50.9. The lowest BCUT2D eigenvalue weighted by Gasteiger charge is -2.15. The van der Waals surface area contributed by atoms with E-state index in [0.29, 0.717) is 19.4 Å². The second kappa shape index (κ2) is 38.0. The molecule has 0 fully saturated rings. The van der Waals surface area contributed by atoms with E-state index in [2.05, 4.69) is 80.7 Å². The summed E-state index contributed by atoms with van der Waals surface area (Å²) in [5.41, 5.74) is 0. The van der Waals surface area contributed by atoms with Gasteiger partial charge in [0.1, 0.15) is 6.10 Å². The van der Waals surface area contributed by atoms with Crippen molar-refractivity contribution in [1.29, 1.82) is 0 Å². The van der Waals surface area contributed by atoms with Gasteiger partial charge in [0.2, 0.25) is 0 Å². The van der Waals surface area contributed by atoms with E-state index in [1.807, 2.05) is 6.08 Å². The molecule has 258 valence electrons. The Morgan fingerprint density at radius 1 is 0.556 bits per heavy atom. The van der Waals surface area contributed by atoms with E-state index >= 15 is 0 Å². The molecular formula is C41H70O4. The molecule has 0 bridgehead atoms. The minimum absolute atomic E-state index is 0.204. The molecule has 1 atom stereocenters. The molecule has 0 aromatic carbocycles. The van der Waals surface area contributed by atoms with Crippen molar-refractivity contribution in [1.82, 2.24) is 0 Å². The summed E-state index contributed by atoms with van der Waals surface area (Å²) in [6, 6.07) is 0. The van der Waals surface area contributed by atoms with E-state index in [0.717, 1.165) is 44.9 Å². The molecule has 0 aliphatic carbocycles. The molecular weight excluding hydrogens is 556 g/mol. The second-order valence-corrected chi connectivity index (χ2v) is 11.9. The van der Waals surface area contributed by atoms with Crippen LogP contribution >= 0.6 is 0 Å². The first-order chi connectivity index (χ1) is 22.2. The second-order valence-electron chi connectivity index (χ2n) is 11.9. The Labute approximate surface area is 278 Å². The Balaban J connectivity index is 3.62. The first kappa shape index (κ1) is 42.8. The van der Waals surface area contributed by atoms with E-state index in [9.17, 15) is 9.90 Å². The molecule has 0 aromatic rings.